The summed E-state index contributed by atoms with van der Waals surface area (Å²) in [6.45, 7) is 44.0. The van der Waals surface area contributed by atoms with E-state index in [-0.39, 0.29) is 33.3 Å². The van der Waals surface area contributed by atoms with Crippen molar-refractivity contribution in [3.63, 3.8) is 0 Å². The van der Waals surface area contributed by atoms with Crippen LogP contribution in [0.15, 0.2) is 35.5 Å². The highest BCUT2D eigenvalue weighted by atomic mass is 28.4. The molecule has 4 nitrogen and oxygen atoms in total. The van der Waals surface area contributed by atoms with Crippen LogP contribution in [0.2, 0.25) is 55.9 Å². The highest BCUT2D eigenvalue weighted by Gasteiger charge is 2.50. The standard InChI is InChI=1S/C44H84O4Si3/c1-18-44(19-2,48-49(11,12)13)28-21-29-45-33-34(3)39-25-26-40-36(22-20-27-43(39,40)10)24-23-35-30-37(46-50(14,15)41(4,5)6)32-38(31-35)47-51(16,17)42(7,8)9/h23-24,37-40H,3,18-22,25-33H2,1-2,4-17H3/b36-24+/t37-,38-,39-,40+,43-/m1/s1. The molecule has 3 aliphatic carbocycles. The molecule has 5 atom stereocenters. The van der Waals surface area contributed by atoms with Gasteiger partial charge < -0.3 is 18.0 Å². The maximum atomic E-state index is 7.10. The van der Waals surface area contributed by atoms with Gasteiger partial charge in [-0.15, -0.1) is 0 Å². The van der Waals surface area contributed by atoms with Crippen LogP contribution >= 0.6 is 0 Å². The fourth-order valence-electron chi connectivity index (χ4n) is 9.01. The predicted octanol–water partition coefficient (Wildman–Crippen LogP) is 13.8. The third-order valence-electron chi connectivity index (χ3n) is 14.1. The second kappa shape index (κ2) is 17.2. The zero-order valence-electron chi connectivity index (χ0n) is 36.7. The van der Waals surface area contributed by atoms with Crippen LogP contribution < -0.4 is 0 Å². The Morgan fingerprint density at radius 3 is 1.88 bits per heavy atom. The van der Waals surface area contributed by atoms with Gasteiger partial charge in [0, 0.05) is 6.61 Å². The molecule has 0 unspecified atom stereocenters. The quantitative estimate of drug-likeness (QED) is 0.0892. The second-order valence-electron chi connectivity index (χ2n) is 21.2. The van der Waals surface area contributed by atoms with Gasteiger partial charge in [0.05, 0.1) is 24.4 Å². The van der Waals surface area contributed by atoms with E-state index in [4.69, 9.17) is 18.0 Å². The lowest BCUT2D eigenvalue weighted by atomic mass is 9.62. The summed E-state index contributed by atoms with van der Waals surface area (Å²) < 4.78 is 27.2. The molecule has 51 heavy (non-hydrogen) atoms. The van der Waals surface area contributed by atoms with E-state index in [1.165, 1.54) is 43.3 Å². The van der Waals surface area contributed by atoms with Crippen LogP contribution in [-0.4, -0.2) is 56.0 Å². The van der Waals surface area contributed by atoms with Gasteiger partial charge in [-0.05, 0) is 156 Å². The van der Waals surface area contributed by atoms with Gasteiger partial charge in [0.25, 0.3) is 0 Å². The molecule has 0 saturated heterocycles. The van der Waals surface area contributed by atoms with Crippen molar-refractivity contribution < 1.29 is 18.0 Å². The van der Waals surface area contributed by atoms with Gasteiger partial charge in [0.2, 0.25) is 0 Å². The van der Waals surface area contributed by atoms with E-state index in [1.807, 2.05) is 0 Å². The summed E-state index contributed by atoms with van der Waals surface area (Å²) in [5.41, 5.74) is 4.79. The predicted molar refractivity (Wildman–Crippen MR) is 229 cm³/mol. The van der Waals surface area contributed by atoms with Crippen molar-refractivity contribution >= 4 is 25.0 Å². The van der Waals surface area contributed by atoms with Crippen LogP contribution in [0.1, 0.15) is 139 Å². The van der Waals surface area contributed by atoms with Gasteiger partial charge in [-0.2, -0.15) is 0 Å². The normalized spacial score (nSPS) is 27.9. The van der Waals surface area contributed by atoms with Gasteiger partial charge in [-0.3, -0.25) is 0 Å². The molecule has 0 amide bonds. The number of fused-ring (bicyclic) bond motifs is 1. The number of rotatable bonds is 16. The Hall–Kier alpha value is -0.289. The van der Waals surface area contributed by atoms with Gasteiger partial charge in [-0.25, -0.2) is 0 Å². The average molecular weight is 761 g/mol. The second-order valence-corrected chi connectivity index (χ2v) is 35.1. The van der Waals surface area contributed by atoms with Crippen molar-refractivity contribution in [3.05, 3.63) is 35.5 Å². The van der Waals surface area contributed by atoms with E-state index in [1.54, 1.807) is 5.57 Å². The van der Waals surface area contributed by atoms with Crippen molar-refractivity contribution in [2.24, 2.45) is 17.3 Å². The lowest BCUT2D eigenvalue weighted by Crippen LogP contribution is -2.48. The minimum Gasteiger partial charge on any atom is -0.414 e. The monoisotopic (exact) mass is 761 g/mol. The maximum absolute atomic E-state index is 7.10. The largest absolute Gasteiger partial charge is 0.414 e. The number of allylic oxidation sites excluding steroid dienone is 3. The van der Waals surface area contributed by atoms with Gasteiger partial charge in [-0.1, -0.05) is 92.2 Å². The summed E-state index contributed by atoms with van der Waals surface area (Å²) in [4.78, 5) is 0. The summed E-state index contributed by atoms with van der Waals surface area (Å²) >= 11 is 0. The molecule has 0 aromatic heterocycles. The molecule has 0 heterocycles. The van der Waals surface area contributed by atoms with E-state index in [9.17, 15) is 0 Å². The van der Waals surface area contributed by atoms with Gasteiger partial charge >= 0.3 is 0 Å². The van der Waals surface area contributed by atoms with Crippen molar-refractivity contribution in [3.8, 4) is 0 Å². The molecule has 296 valence electrons. The lowest BCUT2D eigenvalue weighted by molar-refractivity contribution is 0.0300. The number of hydrogen-bond acceptors (Lipinski definition) is 4. The Labute approximate surface area is 320 Å². The van der Waals surface area contributed by atoms with Gasteiger partial charge in [0.1, 0.15) is 0 Å². The Bertz CT molecular complexity index is 1170. The molecule has 0 radical (unpaired) electrons. The molecular formula is C44H84O4Si3. The first-order valence-electron chi connectivity index (χ1n) is 21.0. The topological polar surface area (TPSA) is 36.9 Å². The Morgan fingerprint density at radius 1 is 0.843 bits per heavy atom. The molecule has 0 spiro atoms. The van der Waals surface area contributed by atoms with E-state index in [0.29, 0.717) is 18.4 Å². The molecule has 3 saturated carbocycles. The number of hydrogen-bond donors (Lipinski definition) is 0. The van der Waals surface area contributed by atoms with Crippen LogP contribution in [0.25, 0.3) is 0 Å². The Balaban J connectivity index is 1.70. The van der Waals surface area contributed by atoms with Gasteiger partial charge in [0.15, 0.2) is 25.0 Å². The van der Waals surface area contributed by atoms with E-state index >= 15 is 0 Å². The third kappa shape index (κ3) is 11.9. The maximum Gasteiger partial charge on any atom is 0.192 e. The molecule has 0 aromatic carbocycles. The smallest absolute Gasteiger partial charge is 0.192 e. The molecule has 0 bridgehead atoms. The van der Waals surface area contributed by atoms with Crippen LogP contribution in [0.5, 0.6) is 0 Å². The highest BCUT2D eigenvalue weighted by Crippen LogP contribution is 2.59. The van der Waals surface area contributed by atoms with Crippen molar-refractivity contribution in [1.29, 1.82) is 0 Å². The zero-order chi connectivity index (χ0) is 38.7. The van der Waals surface area contributed by atoms with Crippen LogP contribution in [-0.2, 0) is 18.0 Å². The zero-order valence-corrected chi connectivity index (χ0v) is 39.7. The first-order chi connectivity index (χ1) is 23.3. The molecule has 3 fully saturated rings. The van der Waals surface area contributed by atoms with Crippen molar-refractivity contribution in [1.82, 2.24) is 0 Å². The van der Waals surface area contributed by atoms with Crippen LogP contribution in [0, 0.1) is 17.3 Å². The van der Waals surface area contributed by atoms with E-state index in [0.717, 1.165) is 51.6 Å². The summed E-state index contributed by atoms with van der Waals surface area (Å²) in [7, 11) is -5.38. The van der Waals surface area contributed by atoms with Crippen molar-refractivity contribution in [2.45, 2.75) is 213 Å². The van der Waals surface area contributed by atoms with E-state index < -0.39 is 25.0 Å². The molecule has 3 aliphatic rings. The first-order valence-corrected chi connectivity index (χ1v) is 30.2. The SMILES string of the molecule is C=C(COCCCC(CC)(CC)O[Si](C)(C)C)[C@H]1CC[C@H]2/C(=C/C=C3C[C@@H](O[Si](C)(C)C(C)(C)C)C[C@H](O[Si](C)(C)C(C)(C)C)C3)CCC[C@]12C. The summed E-state index contributed by atoms with van der Waals surface area (Å²) in [5.74, 6) is 1.18. The molecule has 0 aliphatic heterocycles. The highest BCUT2D eigenvalue weighted by molar-refractivity contribution is 6.74. The molecule has 3 rings (SSSR count). The minimum absolute atomic E-state index is 0.00606. The first kappa shape index (κ1) is 45.1. The fraction of sp³-hybridized carbons (Fsp3) is 0.864. The fourth-order valence-corrected chi connectivity index (χ4v) is 13.4. The van der Waals surface area contributed by atoms with Crippen LogP contribution in [0.4, 0.5) is 0 Å². The molecule has 0 aromatic rings. The summed E-state index contributed by atoms with van der Waals surface area (Å²) in [6, 6.07) is 0. The Morgan fingerprint density at radius 2 is 1.39 bits per heavy atom. The molecule has 0 N–H and O–H groups in total. The lowest BCUT2D eigenvalue weighted by Gasteiger charge is -2.45. The molecule has 7 heteroatoms. The third-order valence-corrected chi connectivity index (χ3v) is 24.2. The Kier molecular flexibility index (Phi) is 15.2. The van der Waals surface area contributed by atoms with Crippen molar-refractivity contribution in [2.75, 3.05) is 13.2 Å². The molecular weight excluding hydrogens is 677 g/mol. The number of ether oxygens (including phenoxy) is 1. The van der Waals surface area contributed by atoms with Crippen LogP contribution in [0.3, 0.4) is 0 Å². The average Bonchev–Trinajstić information content (AvgIpc) is 3.34. The summed E-state index contributed by atoms with van der Waals surface area (Å²) in [6.07, 6.45) is 19.2. The summed E-state index contributed by atoms with van der Waals surface area (Å²) in [5, 5.41) is 0.399. The van der Waals surface area contributed by atoms with E-state index in [2.05, 4.69) is 127 Å². The minimum atomic E-state index is -1.89.